The molecule has 144 valence electrons. The fraction of sp³-hybridized carbons (Fsp3) is 0.350. The molecule has 0 amide bonds. The zero-order valence-electron chi connectivity index (χ0n) is 14.9. The van der Waals surface area contributed by atoms with Gasteiger partial charge in [-0.05, 0) is 31.0 Å². The van der Waals surface area contributed by atoms with Crippen LogP contribution in [0.3, 0.4) is 0 Å². The van der Waals surface area contributed by atoms with Crippen LogP contribution in [0.15, 0.2) is 42.5 Å². The lowest BCUT2D eigenvalue weighted by Gasteiger charge is -2.36. The first kappa shape index (κ1) is 19.1. The predicted octanol–water partition coefficient (Wildman–Crippen LogP) is 3.64. The van der Waals surface area contributed by atoms with Crippen LogP contribution >= 0.6 is 0 Å². The average Bonchev–Trinajstić information content (AvgIpc) is 2.64. The summed E-state index contributed by atoms with van der Waals surface area (Å²) in [7, 11) is 1.39. The summed E-state index contributed by atoms with van der Waals surface area (Å²) in [5, 5.41) is 9.74. The van der Waals surface area contributed by atoms with Crippen LogP contribution in [0.25, 0.3) is 0 Å². The number of hydrogen-bond acceptors (Lipinski definition) is 4. The molecule has 1 heterocycles. The van der Waals surface area contributed by atoms with E-state index in [-0.39, 0.29) is 17.7 Å². The number of ether oxygens (including phenoxy) is 2. The van der Waals surface area contributed by atoms with Gasteiger partial charge in [-0.1, -0.05) is 12.1 Å². The molecule has 0 spiro atoms. The lowest BCUT2D eigenvalue weighted by molar-refractivity contribution is -0.144. The lowest BCUT2D eigenvalue weighted by Crippen LogP contribution is -2.43. The Morgan fingerprint density at radius 2 is 1.85 bits per heavy atom. The standard InChI is InChI=1S/C20H21F2NO4/c1-26-18-12-14(22)5-6-17(18)19(20(24)25)23-9-7-15(8-10-23)27-16-4-2-3-13(21)11-16/h2-6,11-12,15,19H,7-10H2,1H3,(H,24,25)/t19-/m0/s1. The van der Waals surface area contributed by atoms with Crippen LogP contribution in [0.4, 0.5) is 8.78 Å². The summed E-state index contributed by atoms with van der Waals surface area (Å²) < 4.78 is 37.7. The summed E-state index contributed by atoms with van der Waals surface area (Å²) in [6, 6.07) is 8.88. The molecule has 7 heteroatoms. The minimum atomic E-state index is -1.02. The fourth-order valence-corrected chi connectivity index (χ4v) is 3.38. The van der Waals surface area contributed by atoms with Gasteiger partial charge < -0.3 is 14.6 Å². The number of halogens is 2. The van der Waals surface area contributed by atoms with E-state index in [0.717, 1.165) is 0 Å². The molecule has 27 heavy (non-hydrogen) atoms. The minimum Gasteiger partial charge on any atom is -0.496 e. The predicted molar refractivity (Wildman–Crippen MR) is 95.0 cm³/mol. The van der Waals surface area contributed by atoms with Gasteiger partial charge in [0.25, 0.3) is 0 Å². The quantitative estimate of drug-likeness (QED) is 0.833. The molecule has 0 radical (unpaired) electrons. The lowest BCUT2D eigenvalue weighted by atomic mass is 9.99. The summed E-state index contributed by atoms with van der Waals surface area (Å²) in [5.74, 6) is -1.20. The van der Waals surface area contributed by atoms with Gasteiger partial charge in [0.05, 0.1) is 7.11 Å². The molecule has 0 saturated carbocycles. The Kier molecular flexibility index (Phi) is 5.91. The van der Waals surface area contributed by atoms with Crippen molar-refractivity contribution in [3.8, 4) is 11.5 Å². The topological polar surface area (TPSA) is 59.0 Å². The Morgan fingerprint density at radius 1 is 1.15 bits per heavy atom. The first-order valence-electron chi connectivity index (χ1n) is 8.70. The van der Waals surface area contributed by atoms with Gasteiger partial charge in [-0.25, -0.2) is 8.78 Å². The van der Waals surface area contributed by atoms with E-state index in [1.54, 1.807) is 12.1 Å². The molecule has 1 atom stereocenters. The van der Waals surface area contributed by atoms with E-state index in [9.17, 15) is 18.7 Å². The Balaban J connectivity index is 1.70. The second kappa shape index (κ2) is 8.35. The Labute approximate surface area is 156 Å². The Morgan fingerprint density at radius 3 is 2.48 bits per heavy atom. The maximum absolute atomic E-state index is 13.4. The molecule has 3 rings (SSSR count). The van der Waals surface area contributed by atoms with Gasteiger partial charge in [0.2, 0.25) is 0 Å². The average molecular weight is 377 g/mol. The summed E-state index contributed by atoms with van der Waals surface area (Å²) in [6.07, 6.45) is 1.08. The van der Waals surface area contributed by atoms with Gasteiger partial charge in [-0.3, -0.25) is 9.69 Å². The van der Waals surface area contributed by atoms with Gasteiger partial charge in [0.15, 0.2) is 0 Å². The fourth-order valence-electron chi connectivity index (χ4n) is 3.38. The van der Waals surface area contributed by atoms with Crippen LogP contribution in [-0.2, 0) is 4.79 Å². The van der Waals surface area contributed by atoms with Crippen molar-refractivity contribution in [1.82, 2.24) is 4.90 Å². The molecule has 0 bridgehead atoms. The number of aliphatic carboxylic acids is 1. The van der Waals surface area contributed by atoms with E-state index >= 15 is 0 Å². The smallest absolute Gasteiger partial charge is 0.325 e. The first-order chi connectivity index (χ1) is 13.0. The number of piperidine rings is 1. The molecule has 2 aromatic carbocycles. The highest BCUT2D eigenvalue weighted by atomic mass is 19.1. The van der Waals surface area contributed by atoms with Crippen LogP contribution in [0.1, 0.15) is 24.4 Å². The van der Waals surface area contributed by atoms with Gasteiger partial charge >= 0.3 is 5.97 Å². The van der Waals surface area contributed by atoms with Crippen LogP contribution in [0.5, 0.6) is 11.5 Å². The molecule has 0 unspecified atom stereocenters. The SMILES string of the molecule is COc1cc(F)ccc1[C@@H](C(=O)O)N1CCC(Oc2cccc(F)c2)CC1. The van der Waals surface area contributed by atoms with Crippen molar-refractivity contribution in [2.45, 2.75) is 25.0 Å². The monoisotopic (exact) mass is 377 g/mol. The number of rotatable bonds is 6. The highest BCUT2D eigenvalue weighted by Crippen LogP contribution is 2.33. The van der Waals surface area contributed by atoms with E-state index < -0.39 is 17.8 Å². The number of carboxylic acids is 1. The minimum absolute atomic E-state index is 0.118. The molecule has 1 aliphatic heterocycles. The number of carboxylic acid groups (broad SMARTS) is 1. The normalized spacial score (nSPS) is 16.7. The third kappa shape index (κ3) is 4.54. The molecular formula is C20H21F2NO4. The summed E-state index contributed by atoms with van der Waals surface area (Å²) in [6.45, 7) is 0.967. The second-order valence-corrected chi connectivity index (χ2v) is 6.44. The molecular weight excluding hydrogens is 356 g/mol. The highest BCUT2D eigenvalue weighted by molar-refractivity contribution is 5.76. The Bertz CT molecular complexity index is 806. The van der Waals surface area contributed by atoms with Crippen molar-refractivity contribution in [2.24, 2.45) is 0 Å². The van der Waals surface area contributed by atoms with E-state index in [1.165, 1.54) is 37.4 Å². The maximum atomic E-state index is 13.4. The van der Waals surface area contributed by atoms with Gasteiger partial charge in [0.1, 0.15) is 35.3 Å². The summed E-state index contributed by atoms with van der Waals surface area (Å²) >= 11 is 0. The van der Waals surface area contributed by atoms with Crippen LogP contribution in [-0.4, -0.2) is 42.3 Å². The third-order valence-electron chi connectivity index (χ3n) is 4.66. The van der Waals surface area contributed by atoms with Crippen molar-refractivity contribution in [3.05, 3.63) is 59.7 Å². The zero-order valence-corrected chi connectivity index (χ0v) is 14.9. The number of likely N-dealkylation sites (tertiary alicyclic amines) is 1. The highest BCUT2D eigenvalue weighted by Gasteiger charge is 2.33. The van der Waals surface area contributed by atoms with Crippen molar-refractivity contribution < 1.29 is 28.2 Å². The van der Waals surface area contributed by atoms with Gasteiger partial charge in [-0.15, -0.1) is 0 Å². The molecule has 1 aliphatic rings. The molecule has 0 aromatic heterocycles. The number of carbonyl (C=O) groups is 1. The van der Waals surface area contributed by atoms with Crippen molar-refractivity contribution >= 4 is 5.97 Å². The van der Waals surface area contributed by atoms with Crippen molar-refractivity contribution in [3.63, 3.8) is 0 Å². The van der Waals surface area contributed by atoms with Crippen molar-refractivity contribution in [1.29, 1.82) is 0 Å². The van der Waals surface area contributed by atoms with Gasteiger partial charge in [-0.2, -0.15) is 0 Å². The zero-order chi connectivity index (χ0) is 19.4. The van der Waals surface area contributed by atoms with Gasteiger partial charge in [0, 0.05) is 30.8 Å². The molecule has 1 N–H and O–H groups in total. The van der Waals surface area contributed by atoms with E-state index in [4.69, 9.17) is 9.47 Å². The second-order valence-electron chi connectivity index (χ2n) is 6.44. The van der Waals surface area contributed by atoms with Crippen LogP contribution in [0, 0.1) is 11.6 Å². The maximum Gasteiger partial charge on any atom is 0.325 e. The molecule has 1 saturated heterocycles. The summed E-state index contributed by atoms with van der Waals surface area (Å²) in [5.41, 5.74) is 0.413. The number of nitrogens with zero attached hydrogens (tertiary/aromatic N) is 1. The third-order valence-corrected chi connectivity index (χ3v) is 4.66. The van der Waals surface area contributed by atoms with Crippen LogP contribution < -0.4 is 9.47 Å². The molecule has 2 aromatic rings. The number of benzene rings is 2. The molecule has 1 fully saturated rings. The molecule has 0 aliphatic carbocycles. The van der Waals surface area contributed by atoms with E-state index in [1.807, 2.05) is 4.90 Å². The molecule has 5 nitrogen and oxygen atoms in total. The number of methoxy groups -OCH3 is 1. The summed E-state index contributed by atoms with van der Waals surface area (Å²) in [4.78, 5) is 13.7. The van der Waals surface area contributed by atoms with E-state index in [2.05, 4.69) is 0 Å². The largest absolute Gasteiger partial charge is 0.496 e. The first-order valence-corrected chi connectivity index (χ1v) is 8.70. The van der Waals surface area contributed by atoms with Crippen LogP contribution in [0.2, 0.25) is 0 Å². The number of hydrogen-bond donors (Lipinski definition) is 1. The van der Waals surface area contributed by atoms with Crippen molar-refractivity contribution in [2.75, 3.05) is 20.2 Å². The Hall–Kier alpha value is -2.67. The van der Waals surface area contributed by atoms with E-state index in [0.29, 0.717) is 37.2 Å².